The van der Waals surface area contributed by atoms with Crippen molar-refractivity contribution in [1.29, 1.82) is 0 Å². The second kappa shape index (κ2) is 5.82. The molecule has 5 nitrogen and oxygen atoms in total. The van der Waals surface area contributed by atoms with Crippen molar-refractivity contribution < 1.29 is 9.21 Å². The number of nitrogens with one attached hydrogen (secondary N) is 1. The summed E-state index contributed by atoms with van der Waals surface area (Å²) < 4.78 is 5.45. The number of furan rings is 1. The van der Waals surface area contributed by atoms with Gasteiger partial charge in [0.25, 0.3) is 5.91 Å². The van der Waals surface area contributed by atoms with E-state index >= 15 is 0 Å². The minimum atomic E-state index is -0.0122. The standard InChI is InChI=1S/C19H21N3O2/c1-12-3-5-15-16(11-12)21-18(20-15)14-7-9-22(10-8-14)19(23)17-6-4-13(2)24-17/h3-6,11,14H,7-10H2,1-2H3,(H,20,21). The van der Waals surface area contributed by atoms with E-state index in [2.05, 4.69) is 30.1 Å². The Kier molecular flexibility index (Phi) is 3.63. The maximum atomic E-state index is 12.4. The molecule has 0 bridgehead atoms. The van der Waals surface area contributed by atoms with Gasteiger partial charge in [0.05, 0.1) is 11.0 Å². The Morgan fingerprint density at radius 1 is 1.21 bits per heavy atom. The first-order valence-electron chi connectivity index (χ1n) is 8.42. The van der Waals surface area contributed by atoms with E-state index in [9.17, 15) is 4.79 Å². The van der Waals surface area contributed by atoms with Gasteiger partial charge >= 0.3 is 0 Å². The fourth-order valence-electron chi connectivity index (χ4n) is 3.40. The molecule has 1 aliphatic rings. The van der Waals surface area contributed by atoms with Crippen molar-refractivity contribution in [2.45, 2.75) is 32.6 Å². The summed E-state index contributed by atoms with van der Waals surface area (Å²) >= 11 is 0. The van der Waals surface area contributed by atoms with Crippen LogP contribution in [0.4, 0.5) is 0 Å². The molecule has 1 N–H and O–H groups in total. The van der Waals surface area contributed by atoms with Crippen molar-refractivity contribution in [3.63, 3.8) is 0 Å². The van der Waals surface area contributed by atoms with Crippen molar-refractivity contribution in [3.8, 4) is 0 Å². The van der Waals surface area contributed by atoms with Crippen molar-refractivity contribution in [3.05, 3.63) is 53.2 Å². The molecule has 0 atom stereocenters. The first-order valence-corrected chi connectivity index (χ1v) is 8.42. The summed E-state index contributed by atoms with van der Waals surface area (Å²) in [6, 6.07) is 9.85. The molecule has 1 aromatic carbocycles. The quantitative estimate of drug-likeness (QED) is 0.780. The Bertz CT molecular complexity index is 885. The molecule has 4 rings (SSSR count). The number of carbonyl (C=O) groups is 1. The van der Waals surface area contributed by atoms with E-state index in [-0.39, 0.29) is 5.91 Å². The van der Waals surface area contributed by atoms with E-state index < -0.39 is 0 Å². The van der Waals surface area contributed by atoms with Gasteiger partial charge in [0.15, 0.2) is 5.76 Å². The molecule has 1 saturated heterocycles. The number of hydrogen-bond donors (Lipinski definition) is 1. The van der Waals surface area contributed by atoms with Crippen LogP contribution in [0.3, 0.4) is 0 Å². The van der Waals surface area contributed by atoms with E-state index in [4.69, 9.17) is 9.40 Å². The predicted molar refractivity (Wildman–Crippen MR) is 92.2 cm³/mol. The average molecular weight is 323 g/mol. The zero-order valence-electron chi connectivity index (χ0n) is 14.0. The van der Waals surface area contributed by atoms with Crippen LogP contribution in [0.1, 0.15) is 46.5 Å². The molecule has 1 fully saturated rings. The van der Waals surface area contributed by atoms with Gasteiger partial charge in [0.1, 0.15) is 11.6 Å². The number of aromatic nitrogens is 2. The number of H-pyrrole nitrogens is 1. The van der Waals surface area contributed by atoms with Gasteiger partial charge in [-0.15, -0.1) is 0 Å². The van der Waals surface area contributed by atoms with Gasteiger partial charge in [-0.3, -0.25) is 4.79 Å². The monoisotopic (exact) mass is 323 g/mol. The Morgan fingerprint density at radius 3 is 2.71 bits per heavy atom. The van der Waals surface area contributed by atoms with E-state index in [1.54, 1.807) is 6.07 Å². The third-order valence-corrected chi connectivity index (χ3v) is 4.78. The molecule has 24 heavy (non-hydrogen) atoms. The summed E-state index contributed by atoms with van der Waals surface area (Å²) in [5.74, 6) is 2.61. The number of likely N-dealkylation sites (tertiary alicyclic amines) is 1. The zero-order valence-corrected chi connectivity index (χ0v) is 14.0. The number of hydrogen-bond acceptors (Lipinski definition) is 3. The summed E-state index contributed by atoms with van der Waals surface area (Å²) in [4.78, 5) is 22.5. The third kappa shape index (κ3) is 2.70. The van der Waals surface area contributed by atoms with Gasteiger partial charge in [0, 0.05) is 19.0 Å². The highest BCUT2D eigenvalue weighted by Crippen LogP contribution is 2.28. The molecule has 1 amide bonds. The zero-order chi connectivity index (χ0) is 16.7. The Morgan fingerprint density at radius 2 is 2.00 bits per heavy atom. The maximum absolute atomic E-state index is 12.4. The minimum Gasteiger partial charge on any atom is -0.456 e. The van der Waals surface area contributed by atoms with Gasteiger partial charge in [-0.05, 0) is 56.5 Å². The Balaban J connectivity index is 1.46. The molecule has 3 aromatic rings. The van der Waals surface area contributed by atoms with E-state index in [0.29, 0.717) is 11.7 Å². The summed E-state index contributed by atoms with van der Waals surface area (Å²) in [6.07, 6.45) is 1.84. The number of aryl methyl sites for hydroxylation is 2. The first-order chi connectivity index (χ1) is 11.6. The van der Waals surface area contributed by atoms with Crippen molar-refractivity contribution >= 4 is 16.9 Å². The highest BCUT2D eigenvalue weighted by atomic mass is 16.3. The topological polar surface area (TPSA) is 62.1 Å². The lowest BCUT2D eigenvalue weighted by atomic mass is 9.96. The molecule has 0 aliphatic carbocycles. The Hall–Kier alpha value is -2.56. The smallest absolute Gasteiger partial charge is 0.289 e. The largest absolute Gasteiger partial charge is 0.456 e. The van der Waals surface area contributed by atoms with Gasteiger partial charge in [-0.1, -0.05) is 6.07 Å². The average Bonchev–Trinajstić information content (AvgIpc) is 3.20. The third-order valence-electron chi connectivity index (χ3n) is 4.78. The minimum absolute atomic E-state index is 0.0122. The van der Waals surface area contributed by atoms with E-state index in [0.717, 1.165) is 48.5 Å². The van der Waals surface area contributed by atoms with Crippen LogP contribution in [-0.2, 0) is 0 Å². The molecule has 0 radical (unpaired) electrons. The predicted octanol–water partition coefficient (Wildman–Crippen LogP) is 3.79. The van der Waals surface area contributed by atoms with Crippen LogP contribution in [0.25, 0.3) is 11.0 Å². The summed E-state index contributed by atoms with van der Waals surface area (Å²) in [5.41, 5.74) is 3.33. The Labute approximate surface area is 140 Å². The number of piperidine rings is 1. The van der Waals surface area contributed by atoms with E-state index in [1.807, 2.05) is 17.9 Å². The molecule has 3 heterocycles. The number of rotatable bonds is 2. The number of aromatic amines is 1. The number of nitrogens with zero attached hydrogens (tertiary/aromatic N) is 2. The van der Waals surface area contributed by atoms with Crippen molar-refractivity contribution in [2.75, 3.05) is 13.1 Å². The first kappa shape index (κ1) is 15.0. The highest BCUT2D eigenvalue weighted by molar-refractivity contribution is 5.91. The molecular weight excluding hydrogens is 302 g/mol. The number of carbonyl (C=O) groups excluding carboxylic acids is 1. The van der Waals surface area contributed by atoms with Crippen LogP contribution in [0.5, 0.6) is 0 Å². The van der Waals surface area contributed by atoms with Gasteiger partial charge in [-0.25, -0.2) is 4.98 Å². The molecule has 0 spiro atoms. The molecule has 124 valence electrons. The van der Waals surface area contributed by atoms with Gasteiger partial charge in [-0.2, -0.15) is 0 Å². The van der Waals surface area contributed by atoms with Crippen LogP contribution in [-0.4, -0.2) is 33.9 Å². The fourth-order valence-corrected chi connectivity index (χ4v) is 3.40. The van der Waals surface area contributed by atoms with Crippen molar-refractivity contribution in [2.24, 2.45) is 0 Å². The van der Waals surface area contributed by atoms with Crippen LogP contribution < -0.4 is 0 Å². The van der Waals surface area contributed by atoms with Crippen LogP contribution in [0.15, 0.2) is 34.7 Å². The van der Waals surface area contributed by atoms with Gasteiger partial charge < -0.3 is 14.3 Å². The number of fused-ring (bicyclic) bond motifs is 1. The summed E-state index contributed by atoms with van der Waals surface area (Å²) in [5, 5.41) is 0. The summed E-state index contributed by atoms with van der Waals surface area (Å²) in [6.45, 7) is 5.41. The van der Waals surface area contributed by atoms with Crippen LogP contribution >= 0.6 is 0 Å². The molecular formula is C19H21N3O2. The number of imidazole rings is 1. The maximum Gasteiger partial charge on any atom is 0.289 e. The lowest BCUT2D eigenvalue weighted by molar-refractivity contribution is 0.0677. The molecule has 0 saturated carbocycles. The molecule has 0 unspecified atom stereocenters. The van der Waals surface area contributed by atoms with Crippen LogP contribution in [0, 0.1) is 13.8 Å². The highest BCUT2D eigenvalue weighted by Gasteiger charge is 2.27. The second-order valence-corrected chi connectivity index (χ2v) is 6.62. The second-order valence-electron chi connectivity index (χ2n) is 6.62. The molecule has 2 aromatic heterocycles. The van der Waals surface area contributed by atoms with Crippen molar-refractivity contribution in [1.82, 2.24) is 14.9 Å². The lowest BCUT2D eigenvalue weighted by Crippen LogP contribution is -2.37. The molecule has 1 aliphatic heterocycles. The number of amides is 1. The van der Waals surface area contributed by atoms with E-state index in [1.165, 1.54) is 5.56 Å². The van der Waals surface area contributed by atoms with Crippen LogP contribution in [0.2, 0.25) is 0 Å². The normalized spacial score (nSPS) is 16.0. The summed E-state index contributed by atoms with van der Waals surface area (Å²) in [7, 11) is 0. The fraction of sp³-hybridized carbons (Fsp3) is 0.368. The molecule has 5 heteroatoms. The van der Waals surface area contributed by atoms with Gasteiger partial charge in [0.2, 0.25) is 0 Å². The number of benzene rings is 1. The lowest BCUT2D eigenvalue weighted by Gasteiger charge is -2.30. The SMILES string of the molecule is Cc1ccc2nc(C3CCN(C(=O)c4ccc(C)o4)CC3)[nH]c2c1.